The molecule has 2 aromatic carbocycles. The standard InChI is InChI=1S/C12H11NO3S/c13-11-8-10(17(14)15)6-7-12(11)16-9-4-2-1-3-5-9/h1-8H,13H2,(H,14,15). The molecule has 0 saturated heterocycles. The van der Waals surface area contributed by atoms with Gasteiger partial charge in [0.25, 0.3) is 0 Å². The van der Waals surface area contributed by atoms with E-state index in [-0.39, 0.29) is 4.90 Å². The summed E-state index contributed by atoms with van der Waals surface area (Å²) in [6.45, 7) is 0. The van der Waals surface area contributed by atoms with Crippen LogP contribution in [0.2, 0.25) is 0 Å². The number of para-hydroxylation sites is 1. The fraction of sp³-hybridized carbons (Fsp3) is 0. The van der Waals surface area contributed by atoms with E-state index in [2.05, 4.69) is 0 Å². The Hall–Kier alpha value is -1.85. The van der Waals surface area contributed by atoms with Crippen LogP contribution in [0.1, 0.15) is 0 Å². The van der Waals surface area contributed by atoms with Gasteiger partial charge in [0.2, 0.25) is 0 Å². The highest BCUT2D eigenvalue weighted by atomic mass is 32.2. The molecule has 0 aliphatic carbocycles. The zero-order valence-electron chi connectivity index (χ0n) is 8.87. The Morgan fingerprint density at radius 3 is 2.41 bits per heavy atom. The molecule has 2 aromatic rings. The Morgan fingerprint density at radius 2 is 1.82 bits per heavy atom. The lowest BCUT2D eigenvalue weighted by molar-refractivity contribution is 0.484. The van der Waals surface area contributed by atoms with Gasteiger partial charge in [-0.05, 0) is 30.3 Å². The lowest BCUT2D eigenvalue weighted by atomic mass is 10.3. The summed E-state index contributed by atoms with van der Waals surface area (Å²) in [5.41, 5.74) is 6.06. The maximum atomic E-state index is 10.8. The highest BCUT2D eigenvalue weighted by molar-refractivity contribution is 7.79. The molecule has 0 heterocycles. The van der Waals surface area contributed by atoms with Crippen molar-refractivity contribution in [2.75, 3.05) is 5.73 Å². The highest BCUT2D eigenvalue weighted by Gasteiger charge is 2.06. The van der Waals surface area contributed by atoms with Crippen LogP contribution in [0.15, 0.2) is 53.4 Å². The summed E-state index contributed by atoms with van der Waals surface area (Å²) in [6.07, 6.45) is 0. The quantitative estimate of drug-likeness (QED) is 0.648. The first-order chi connectivity index (χ1) is 8.16. The van der Waals surface area contributed by atoms with Gasteiger partial charge in [-0.25, -0.2) is 4.21 Å². The average Bonchev–Trinajstić information content (AvgIpc) is 2.33. The monoisotopic (exact) mass is 249 g/mol. The molecular formula is C12H11NO3S. The minimum atomic E-state index is -2.03. The molecule has 88 valence electrons. The van der Waals surface area contributed by atoms with E-state index in [1.165, 1.54) is 12.1 Å². The van der Waals surface area contributed by atoms with Gasteiger partial charge in [-0.1, -0.05) is 18.2 Å². The summed E-state index contributed by atoms with van der Waals surface area (Å²) in [5.74, 6) is 1.13. The molecule has 0 radical (unpaired) electrons. The summed E-state index contributed by atoms with van der Waals surface area (Å²) >= 11 is -2.03. The minimum Gasteiger partial charge on any atom is -0.455 e. The van der Waals surface area contributed by atoms with Gasteiger partial charge in [-0.3, -0.25) is 0 Å². The van der Waals surface area contributed by atoms with Crippen molar-refractivity contribution in [2.24, 2.45) is 0 Å². The number of hydrogen-bond acceptors (Lipinski definition) is 3. The molecule has 3 N–H and O–H groups in total. The summed E-state index contributed by atoms with van der Waals surface area (Å²) in [4.78, 5) is 0.253. The predicted octanol–water partition coefficient (Wildman–Crippen LogP) is 2.64. The van der Waals surface area contributed by atoms with Gasteiger partial charge >= 0.3 is 0 Å². The summed E-state index contributed by atoms with van der Waals surface area (Å²) in [7, 11) is 0. The van der Waals surface area contributed by atoms with Crippen LogP contribution in [-0.2, 0) is 11.1 Å². The molecule has 1 unspecified atom stereocenters. The first-order valence-corrected chi connectivity index (χ1v) is 6.01. The fourth-order valence-electron chi connectivity index (χ4n) is 1.34. The Bertz CT molecular complexity index is 543. The molecule has 1 atom stereocenters. The van der Waals surface area contributed by atoms with E-state index in [4.69, 9.17) is 15.0 Å². The lowest BCUT2D eigenvalue weighted by Crippen LogP contribution is -1.95. The lowest BCUT2D eigenvalue weighted by Gasteiger charge is -2.08. The van der Waals surface area contributed by atoms with Crippen molar-refractivity contribution < 1.29 is 13.5 Å². The van der Waals surface area contributed by atoms with Crippen LogP contribution >= 0.6 is 0 Å². The van der Waals surface area contributed by atoms with Crippen LogP contribution in [-0.4, -0.2) is 8.76 Å². The molecule has 17 heavy (non-hydrogen) atoms. The molecule has 0 fully saturated rings. The van der Waals surface area contributed by atoms with Gasteiger partial charge < -0.3 is 15.0 Å². The first-order valence-electron chi connectivity index (χ1n) is 4.90. The molecule has 0 aliphatic rings. The SMILES string of the molecule is Nc1cc(S(=O)O)ccc1Oc1ccccc1. The largest absolute Gasteiger partial charge is 0.455 e. The molecule has 0 amide bonds. The van der Waals surface area contributed by atoms with E-state index in [1.54, 1.807) is 18.2 Å². The number of nitrogen functional groups attached to an aromatic ring is 1. The topological polar surface area (TPSA) is 72.6 Å². The van der Waals surface area contributed by atoms with Crippen molar-refractivity contribution >= 4 is 16.8 Å². The minimum absolute atomic E-state index is 0.253. The number of nitrogens with two attached hydrogens (primary N) is 1. The van der Waals surface area contributed by atoms with E-state index in [0.717, 1.165) is 0 Å². The Labute approximate surface area is 101 Å². The van der Waals surface area contributed by atoms with Crippen LogP contribution in [0.25, 0.3) is 0 Å². The van der Waals surface area contributed by atoms with Gasteiger partial charge in [0.05, 0.1) is 10.6 Å². The number of hydrogen-bond donors (Lipinski definition) is 2. The van der Waals surface area contributed by atoms with Gasteiger partial charge in [0.1, 0.15) is 11.5 Å². The van der Waals surface area contributed by atoms with Gasteiger partial charge in [-0.2, -0.15) is 0 Å². The number of anilines is 1. The Kier molecular flexibility index (Phi) is 3.41. The first kappa shape index (κ1) is 11.6. The molecule has 0 saturated carbocycles. The molecule has 0 aromatic heterocycles. The van der Waals surface area contributed by atoms with Crippen LogP contribution in [0, 0.1) is 0 Å². The van der Waals surface area contributed by atoms with Crippen LogP contribution < -0.4 is 10.5 Å². The van der Waals surface area contributed by atoms with Gasteiger partial charge in [0.15, 0.2) is 11.1 Å². The summed E-state index contributed by atoms with van der Waals surface area (Å²) in [5, 5.41) is 0. The van der Waals surface area contributed by atoms with Crippen molar-refractivity contribution in [3.05, 3.63) is 48.5 Å². The van der Waals surface area contributed by atoms with Crippen LogP contribution in [0.5, 0.6) is 11.5 Å². The maximum Gasteiger partial charge on any atom is 0.186 e. The molecule has 0 aliphatic heterocycles. The molecular weight excluding hydrogens is 238 g/mol. The second-order valence-electron chi connectivity index (χ2n) is 3.36. The number of ether oxygens (including phenoxy) is 1. The zero-order chi connectivity index (χ0) is 12.3. The second kappa shape index (κ2) is 4.99. The molecule has 0 bridgehead atoms. The summed E-state index contributed by atoms with van der Waals surface area (Å²) < 4.78 is 25.3. The number of benzene rings is 2. The fourth-order valence-corrected chi connectivity index (χ4v) is 1.76. The second-order valence-corrected chi connectivity index (χ2v) is 4.33. The van der Waals surface area contributed by atoms with Crippen molar-refractivity contribution in [3.8, 4) is 11.5 Å². The average molecular weight is 249 g/mol. The molecule has 0 spiro atoms. The van der Waals surface area contributed by atoms with Gasteiger partial charge in [-0.15, -0.1) is 0 Å². The normalized spacial score (nSPS) is 12.1. The molecule has 4 nitrogen and oxygen atoms in total. The predicted molar refractivity (Wildman–Crippen MR) is 66.4 cm³/mol. The Balaban J connectivity index is 2.26. The molecule has 5 heteroatoms. The maximum absolute atomic E-state index is 10.8. The van der Waals surface area contributed by atoms with Crippen LogP contribution in [0.3, 0.4) is 0 Å². The van der Waals surface area contributed by atoms with E-state index in [0.29, 0.717) is 17.2 Å². The van der Waals surface area contributed by atoms with Gasteiger partial charge in [0, 0.05) is 0 Å². The summed E-state index contributed by atoms with van der Waals surface area (Å²) in [6, 6.07) is 13.7. The third-order valence-corrected chi connectivity index (χ3v) is 2.81. The van der Waals surface area contributed by atoms with Crippen molar-refractivity contribution in [2.45, 2.75) is 4.90 Å². The van der Waals surface area contributed by atoms with Crippen molar-refractivity contribution in [1.29, 1.82) is 0 Å². The van der Waals surface area contributed by atoms with E-state index in [1.807, 2.05) is 18.2 Å². The third-order valence-electron chi connectivity index (χ3n) is 2.15. The highest BCUT2D eigenvalue weighted by Crippen LogP contribution is 2.28. The zero-order valence-corrected chi connectivity index (χ0v) is 9.68. The smallest absolute Gasteiger partial charge is 0.186 e. The Morgan fingerprint density at radius 1 is 1.12 bits per heavy atom. The van der Waals surface area contributed by atoms with Crippen molar-refractivity contribution in [1.82, 2.24) is 0 Å². The van der Waals surface area contributed by atoms with E-state index >= 15 is 0 Å². The third kappa shape index (κ3) is 2.83. The number of rotatable bonds is 3. The molecule has 2 rings (SSSR count). The van der Waals surface area contributed by atoms with E-state index < -0.39 is 11.1 Å². The van der Waals surface area contributed by atoms with Crippen LogP contribution in [0.4, 0.5) is 5.69 Å². The van der Waals surface area contributed by atoms with Crippen molar-refractivity contribution in [3.63, 3.8) is 0 Å². The van der Waals surface area contributed by atoms with E-state index in [9.17, 15) is 4.21 Å².